The number of hydrogen-bond acceptors (Lipinski definition) is 6. The third kappa shape index (κ3) is 5.00. The molecular weight excluding hydrogens is 409 g/mol. The summed E-state index contributed by atoms with van der Waals surface area (Å²) in [6, 6.07) is 5.52. The molecular formula is C20H24FN5O5. The minimum atomic E-state index is -1.13. The molecule has 0 radical (unpaired) electrons. The standard InChI is InChI=1S/C20H24FN5O5/c1-24-7-8-26-17(13(10-24)11-25(2)20(30)31)23-15(16(27)19(26)29)18(28)22-9-12-3-5-14(21)6-4-12/h3-6,13,27H,7-11H2,1-2H3,(H,22,28)(H,30,31). The van der Waals surface area contributed by atoms with Crippen LogP contribution >= 0.6 is 0 Å². The van der Waals surface area contributed by atoms with Crippen molar-refractivity contribution >= 4 is 12.0 Å². The van der Waals surface area contributed by atoms with Crippen LogP contribution in [0.25, 0.3) is 0 Å². The van der Waals surface area contributed by atoms with E-state index in [2.05, 4.69) is 10.3 Å². The Hall–Kier alpha value is -3.47. The summed E-state index contributed by atoms with van der Waals surface area (Å²) in [6.07, 6.45) is -1.13. The number of rotatable bonds is 5. The highest BCUT2D eigenvalue weighted by atomic mass is 19.1. The predicted octanol–water partition coefficient (Wildman–Crippen LogP) is 0.657. The van der Waals surface area contributed by atoms with E-state index >= 15 is 0 Å². The molecule has 2 heterocycles. The van der Waals surface area contributed by atoms with E-state index < -0.39 is 40.7 Å². The molecule has 3 rings (SSSR count). The lowest BCUT2D eigenvalue weighted by molar-refractivity contribution is 0.0941. The first-order chi connectivity index (χ1) is 14.7. The molecule has 2 amide bonds. The molecule has 1 atom stereocenters. The number of carbonyl (C=O) groups is 2. The average Bonchev–Trinajstić information content (AvgIpc) is 2.88. The minimum absolute atomic E-state index is 0.0482. The summed E-state index contributed by atoms with van der Waals surface area (Å²) in [5.74, 6) is -2.17. The van der Waals surface area contributed by atoms with Crippen LogP contribution in [0.2, 0.25) is 0 Å². The van der Waals surface area contributed by atoms with Gasteiger partial charge in [0.05, 0.1) is 0 Å². The van der Waals surface area contributed by atoms with Crippen molar-refractivity contribution < 1.29 is 24.2 Å². The quantitative estimate of drug-likeness (QED) is 0.632. The van der Waals surface area contributed by atoms with E-state index in [4.69, 9.17) is 0 Å². The first kappa shape index (κ1) is 22.2. The second-order valence-electron chi connectivity index (χ2n) is 7.56. The van der Waals surface area contributed by atoms with Gasteiger partial charge in [0.15, 0.2) is 5.69 Å². The van der Waals surface area contributed by atoms with Crippen LogP contribution in [0.4, 0.5) is 9.18 Å². The molecule has 1 aromatic carbocycles. The smallest absolute Gasteiger partial charge is 0.407 e. The number of halogens is 1. The summed E-state index contributed by atoms with van der Waals surface area (Å²) in [6.45, 7) is 1.28. The molecule has 1 aliphatic heterocycles. The SMILES string of the molecule is CN1CCn2c(nc(C(=O)NCc3ccc(F)cc3)c(O)c2=O)C(CN(C)C(=O)O)C1. The van der Waals surface area contributed by atoms with Crippen molar-refractivity contribution in [3.05, 3.63) is 57.5 Å². The number of amides is 2. The lowest BCUT2D eigenvalue weighted by Crippen LogP contribution is -2.36. The van der Waals surface area contributed by atoms with Crippen molar-refractivity contribution in [3.8, 4) is 5.75 Å². The highest BCUT2D eigenvalue weighted by Crippen LogP contribution is 2.22. The molecule has 2 aromatic rings. The summed E-state index contributed by atoms with van der Waals surface area (Å²) < 4.78 is 14.3. The van der Waals surface area contributed by atoms with Crippen molar-refractivity contribution in [1.29, 1.82) is 0 Å². The Bertz CT molecular complexity index is 1040. The van der Waals surface area contributed by atoms with Crippen molar-refractivity contribution in [3.63, 3.8) is 0 Å². The Morgan fingerprint density at radius 1 is 1.29 bits per heavy atom. The van der Waals surface area contributed by atoms with Gasteiger partial charge in [-0.2, -0.15) is 0 Å². The van der Waals surface area contributed by atoms with Gasteiger partial charge in [0, 0.05) is 45.7 Å². The Morgan fingerprint density at radius 3 is 2.61 bits per heavy atom. The van der Waals surface area contributed by atoms with Gasteiger partial charge >= 0.3 is 6.09 Å². The van der Waals surface area contributed by atoms with Crippen molar-refractivity contribution in [2.75, 3.05) is 33.7 Å². The molecule has 0 fully saturated rings. The molecule has 0 bridgehead atoms. The highest BCUT2D eigenvalue weighted by Gasteiger charge is 2.30. The average molecular weight is 433 g/mol. The number of benzene rings is 1. The number of fused-ring (bicyclic) bond motifs is 1. The Balaban J connectivity index is 1.92. The largest absolute Gasteiger partial charge is 0.501 e. The van der Waals surface area contributed by atoms with Crippen LogP contribution in [-0.4, -0.2) is 75.3 Å². The number of hydrogen-bond donors (Lipinski definition) is 3. The summed E-state index contributed by atoms with van der Waals surface area (Å²) in [5.41, 5.74) is -0.551. The maximum atomic E-state index is 13.0. The van der Waals surface area contributed by atoms with Gasteiger partial charge in [-0.1, -0.05) is 12.1 Å². The third-order valence-corrected chi connectivity index (χ3v) is 5.18. The number of carbonyl (C=O) groups excluding carboxylic acids is 1. The van der Waals surface area contributed by atoms with Gasteiger partial charge in [0.1, 0.15) is 11.6 Å². The van der Waals surface area contributed by atoms with Gasteiger partial charge in [0.25, 0.3) is 11.5 Å². The van der Waals surface area contributed by atoms with Crippen LogP contribution < -0.4 is 10.9 Å². The van der Waals surface area contributed by atoms with E-state index in [1.807, 2.05) is 11.9 Å². The van der Waals surface area contributed by atoms with E-state index in [1.54, 1.807) is 0 Å². The van der Waals surface area contributed by atoms with Gasteiger partial charge < -0.3 is 25.3 Å². The fourth-order valence-corrected chi connectivity index (χ4v) is 3.48. The molecule has 166 valence electrons. The van der Waals surface area contributed by atoms with Gasteiger partial charge in [-0.3, -0.25) is 14.2 Å². The molecule has 31 heavy (non-hydrogen) atoms. The fraction of sp³-hybridized carbons (Fsp3) is 0.400. The summed E-state index contributed by atoms with van der Waals surface area (Å²) in [7, 11) is 3.24. The molecule has 0 saturated heterocycles. The Kier molecular flexibility index (Phi) is 6.54. The lowest BCUT2D eigenvalue weighted by Gasteiger charge is -2.24. The first-order valence-electron chi connectivity index (χ1n) is 9.66. The van der Waals surface area contributed by atoms with Crippen LogP contribution in [0, 0.1) is 5.82 Å². The molecule has 1 aromatic heterocycles. The van der Waals surface area contributed by atoms with Crippen LogP contribution in [0.5, 0.6) is 5.75 Å². The van der Waals surface area contributed by atoms with E-state index in [1.165, 1.54) is 35.9 Å². The maximum Gasteiger partial charge on any atom is 0.407 e. The van der Waals surface area contributed by atoms with Crippen LogP contribution in [0.15, 0.2) is 29.1 Å². The zero-order valence-electron chi connectivity index (χ0n) is 17.2. The van der Waals surface area contributed by atoms with Crippen LogP contribution in [-0.2, 0) is 13.1 Å². The third-order valence-electron chi connectivity index (χ3n) is 5.18. The number of nitrogens with one attached hydrogen (secondary N) is 1. The second kappa shape index (κ2) is 9.13. The normalized spacial score (nSPS) is 16.3. The number of nitrogens with zero attached hydrogens (tertiary/aromatic N) is 4. The number of aromatic nitrogens is 2. The van der Waals surface area contributed by atoms with Gasteiger partial charge in [-0.05, 0) is 24.7 Å². The molecule has 0 saturated carbocycles. The molecule has 10 nitrogen and oxygen atoms in total. The maximum absolute atomic E-state index is 13.0. The second-order valence-corrected chi connectivity index (χ2v) is 7.56. The predicted molar refractivity (Wildman–Crippen MR) is 109 cm³/mol. The van der Waals surface area contributed by atoms with Crippen molar-refractivity contribution in [2.24, 2.45) is 0 Å². The van der Waals surface area contributed by atoms with E-state index in [0.717, 1.165) is 4.90 Å². The Morgan fingerprint density at radius 2 is 1.97 bits per heavy atom. The van der Waals surface area contributed by atoms with Crippen LogP contribution in [0.3, 0.4) is 0 Å². The first-order valence-corrected chi connectivity index (χ1v) is 9.66. The van der Waals surface area contributed by atoms with Crippen molar-refractivity contribution in [2.45, 2.75) is 19.0 Å². The molecule has 0 aliphatic carbocycles. The number of likely N-dealkylation sites (N-methyl/N-ethyl adjacent to an activating group) is 2. The zero-order valence-corrected chi connectivity index (χ0v) is 17.2. The topological polar surface area (TPSA) is 128 Å². The minimum Gasteiger partial charge on any atom is -0.501 e. The van der Waals surface area contributed by atoms with Gasteiger partial charge in [-0.15, -0.1) is 0 Å². The Labute approximate surface area is 177 Å². The monoisotopic (exact) mass is 433 g/mol. The van der Waals surface area contributed by atoms with E-state index in [0.29, 0.717) is 18.7 Å². The molecule has 1 unspecified atom stereocenters. The zero-order chi connectivity index (χ0) is 22.7. The molecule has 0 spiro atoms. The summed E-state index contributed by atoms with van der Waals surface area (Å²) in [5, 5.41) is 22.1. The van der Waals surface area contributed by atoms with Crippen LogP contribution in [0.1, 0.15) is 27.8 Å². The van der Waals surface area contributed by atoms with E-state index in [9.17, 15) is 29.0 Å². The number of carboxylic acid groups (broad SMARTS) is 1. The summed E-state index contributed by atoms with van der Waals surface area (Å²) >= 11 is 0. The summed E-state index contributed by atoms with van der Waals surface area (Å²) in [4.78, 5) is 44.0. The fourth-order valence-electron chi connectivity index (χ4n) is 3.48. The molecule has 11 heteroatoms. The van der Waals surface area contributed by atoms with Gasteiger partial charge in [-0.25, -0.2) is 14.2 Å². The number of aromatic hydroxyl groups is 1. The van der Waals surface area contributed by atoms with E-state index in [-0.39, 0.29) is 25.5 Å². The van der Waals surface area contributed by atoms with Crippen molar-refractivity contribution in [1.82, 2.24) is 24.7 Å². The highest BCUT2D eigenvalue weighted by molar-refractivity contribution is 5.94. The van der Waals surface area contributed by atoms with Gasteiger partial charge in [0.2, 0.25) is 5.75 Å². The molecule has 1 aliphatic rings. The lowest BCUT2D eigenvalue weighted by atomic mass is 10.1. The molecule has 3 N–H and O–H groups in total.